The van der Waals surface area contributed by atoms with Gasteiger partial charge in [-0.2, -0.15) is 0 Å². The van der Waals surface area contributed by atoms with Crippen molar-refractivity contribution in [3.05, 3.63) is 119 Å². The van der Waals surface area contributed by atoms with E-state index in [4.69, 9.17) is 28.4 Å². The molecule has 2 atom stereocenters. The molecule has 0 aliphatic carbocycles. The molecule has 2 aliphatic heterocycles. The molecule has 4 aromatic rings. The molecule has 2 aliphatic rings. The van der Waals surface area contributed by atoms with E-state index in [1.54, 1.807) is 0 Å². The Morgan fingerprint density at radius 2 is 0.776 bits per heavy atom. The number of ether oxygens (including phenoxy) is 6. The molecule has 0 bridgehead atoms. The Morgan fingerprint density at radius 3 is 1.02 bits per heavy atom. The summed E-state index contributed by atoms with van der Waals surface area (Å²) in [6.45, 7) is 16.1. The van der Waals surface area contributed by atoms with Crippen molar-refractivity contribution in [3.63, 3.8) is 0 Å². The summed E-state index contributed by atoms with van der Waals surface area (Å²) >= 11 is 0. The second-order valence-electron chi connectivity index (χ2n) is 13.9. The molecule has 7 heteroatoms. The summed E-state index contributed by atoms with van der Waals surface area (Å²) in [5, 5.41) is 10.5. The second kappa shape index (κ2) is 16.6. The Labute approximate surface area is 292 Å². The molecule has 1 N–H and O–H groups in total. The molecule has 0 amide bonds. The van der Waals surface area contributed by atoms with E-state index < -0.39 is 6.10 Å². The van der Waals surface area contributed by atoms with E-state index in [1.165, 1.54) is 28.7 Å². The molecule has 262 valence electrons. The standard InChI is InChI=1S/C39H44O7.C3H8/c1-38(2,29-9-17-34(18-10-29)43-23-36-25-45-36)27-5-13-32(14-6-27)41-21-31(40)22-42-33-15-7-28(8-16-33)39(3,4)30-11-19-35(20-12-30)44-24-37-26-46-37;1-3-2/h5-20,31,36-37,40H,21-26H2,1-4H3;3H2,1-2H3. The van der Waals surface area contributed by atoms with Crippen LogP contribution in [0.1, 0.15) is 70.2 Å². The molecule has 0 saturated carbocycles. The molecule has 49 heavy (non-hydrogen) atoms. The quantitative estimate of drug-likeness (QED) is 0.121. The predicted molar refractivity (Wildman–Crippen MR) is 193 cm³/mol. The van der Waals surface area contributed by atoms with E-state index in [2.05, 4.69) is 90.1 Å². The molecule has 0 radical (unpaired) electrons. The molecule has 0 spiro atoms. The first-order valence-electron chi connectivity index (χ1n) is 17.4. The van der Waals surface area contributed by atoms with Crippen LogP contribution in [0.25, 0.3) is 0 Å². The van der Waals surface area contributed by atoms with Crippen molar-refractivity contribution in [1.29, 1.82) is 0 Å². The zero-order valence-electron chi connectivity index (χ0n) is 29.8. The van der Waals surface area contributed by atoms with Crippen LogP contribution in [0.15, 0.2) is 97.1 Å². The topological polar surface area (TPSA) is 82.2 Å². The van der Waals surface area contributed by atoms with Gasteiger partial charge in [0.15, 0.2) is 0 Å². The number of aliphatic hydroxyl groups excluding tert-OH is 1. The summed E-state index contributed by atoms with van der Waals surface area (Å²) in [5.74, 6) is 3.11. The van der Waals surface area contributed by atoms with Crippen LogP contribution in [0.4, 0.5) is 0 Å². The molecule has 2 heterocycles. The maximum absolute atomic E-state index is 10.5. The van der Waals surface area contributed by atoms with Gasteiger partial charge in [0.1, 0.15) is 67.7 Å². The van der Waals surface area contributed by atoms with Crippen LogP contribution < -0.4 is 18.9 Å². The zero-order valence-corrected chi connectivity index (χ0v) is 29.8. The predicted octanol–water partition coefficient (Wildman–Crippen LogP) is 8.13. The van der Waals surface area contributed by atoms with Crippen molar-refractivity contribution in [2.24, 2.45) is 0 Å². The highest BCUT2D eigenvalue weighted by Gasteiger charge is 2.26. The van der Waals surface area contributed by atoms with E-state index in [0.717, 1.165) is 24.7 Å². The number of epoxide rings is 2. The minimum absolute atomic E-state index is 0.134. The Bertz CT molecular complexity index is 1430. The second-order valence-corrected chi connectivity index (χ2v) is 13.9. The highest BCUT2D eigenvalue weighted by atomic mass is 16.6. The van der Waals surface area contributed by atoms with E-state index in [1.807, 2.05) is 48.5 Å². The molecular weight excluding hydrogens is 616 g/mol. The maximum atomic E-state index is 10.5. The lowest BCUT2D eigenvalue weighted by molar-refractivity contribution is 0.0626. The van der Waals surface area contributed by atoms with Gasteiger partial charge in [0.25, 0.3) is 0 Å². The highest BCUT2D eigenvalue weighted by Crippen LogP contribution is 2.35. The first kappa shape index (κ1) is 36.2. The van der Waals surface area contributed by atoms with Crippen LogP contribution >= 0.6 is 0 Å². The average molecular weight is 669 g/mol. The van der Waals surface area contributed by atoms with Crippen molar-refractivity contribution in [3.8, 4) is 23.0 Å². The van der Waals surface area contributed by atoms with Crippen LogP contribution in [0.3, 0.4) is 0 Å². The number of hydrogen-bond donors (Lipinski definition) is 1. The summed E-state index contributed by atoms with van der Waals surface area (Å²) < 4.78 is 33.7. The SMILES string of the molecule is CC(C)(c1ccc(OCC(O)COc2ccc(C(C)(C)c3ccc(OCC4CO4)cc3)cc2)cc1)c1ccc(OCC2CO2)cc1.CCC. The van der Waals surface area contributed by atoms with Gasteiger partial charge in [0.05, 0.1) is 13.2 Å². The lowest BCUT2D eigenvalue weighted by Gasteiger charge is -2.26. The van der Waals surface area contributed by atoms with Crippen molar-refractivity contribution in [1.82, 2.24) is 0 Å². The molecule has 4 aromatic carbocycles. The van der Waals surface area contributed by atoms with Crippen molar-refractivity contribution in [2.45, 2.75) is 77.1 Å². The minimum atomic E-state index is -0.772. The summed E-state index contributed by atoms with van der Waals surface area (Å²) in [6.07, 6.45) is 0.961. The van der Waals surface area contributed by atoms with Crippen LogP contribution in [0.5, 0.6) is 23.0 Å². The van der Waals surface area contributed by atoms with E-state index in [0.29, 0.717) is 24.7 Å². The molecule has 0 aromatic heterocycles. The third-order valence-electron chi connectivity index (χ3n) is 8.87. The van der Waals surface area contributed by atoms with Gasteiger partial charge in [-0.15, -0.1) is 0 Å². The molecule has 2 saturated heterocycles. The van der Waals surface area contributed by atoms with Crippen LogP contribution in [0.2, 0.25) is 0 Å². The van der Waals surface area contributed by atoms with Gasteiger partial charge in [-0.05, 0) is 70.8 Å². The molecule has 2 unspecified atom stereocenters. The van der Waals surface area contributed by atoms with Gasteiger partial charge in [-0.1, -0.05) is 96.5 Å². The van der Waals surface area contributed by atoms with E-state index >= 15 is 0 Å². The van der Waals surface area contributed by atoms with Gasteiger partial charge >= 0.3 is 0 Å². The number of aliphatic hydroxyl groups is 1. The van der Waals surface area contributed by atoms with E-state index in [9.17, 15) is 5.11 Å². The molecule has 7 nitrogen and oxygen atoms in total. The minimum Gasteiger partial charge on any atom is -0.491 e. The van der Waals surface area contributed by atoms with Gasteiger partial charge in [-0.3, -0.25) is 0 Å². The van der Waals surface area contributed by atoms with Crippen LogP contribution in [-0.2, 0) is 20.3 Å². The van der Waals surface area contributed by atoms with Crippen LogP contribution in [-0.4, -0.2) is 63.1 Å². The van der Waals surface area contributed by atoms with Gasteiger partial charge in [-0.25, -0.2) is 0 Å². The first-order valence-corrected chi connectivity index (χ1v) is 17.4. The maximum Gasteiger partial charge on any atom is 0.122 e. The summed E-state index contributed by atoms with van der Waals surface area (Å²) in [4.78, 5) is 0. The fourth-order valence-corrected chi connectivity index (χ4v) is 5.34. The van der Waals surface area contributed by atoms with Gasteiger partial charge in [0, 0.05) is 10.8 Å². The Morgan fingerprint density at radius 1 is 0.531 bits per heavy atom. The Balaban J connectivity index is 0.00000151. The normalized spacial score (nSPS) is 17.3. The zero-order chi connectivity index (χ0) is 34.9. The highest BCUT2D eigenvalue weighted by molar-refractivity contribution is 5.43. The molecular formula is C42H52O7. The lowest BCUT2D eigenvalue weighted by Crippen LogP contribution is -2.25. The summed E-state index contributed by atoms with van der Waals surface area (Å²) in [7, 11) is 0. The number of rotatable bonds is 16. The van der Waals surface area contributed by atoms with Crippen molar-refractivity contribution >= 4 is 0 Å². The fourth-order valence-electron chi connectivity index (χ4n) is 5.34. The first-order chi connectivity index (χ1) is 23.6. The summed E-state index contributed by atoms with van der Waals surface area (Å²) in [6, 6.07) is 32.6. The fraction of sp³-hybridized carbons (Fsp3) is 0.429. The van der Waals surface area contributed by atoms with Gasteiger partial charge < -0.3 is 33.5 Å². The van der Waals surface area contributed by atoms with E-state index in [-0.39, 0.29) is 36.3 Å². The third kappa shape index (κ3) is 10.5. The van der Waals surface area contributed by atoms with Crippen molar-refractivity contribution in [2.75, 3.05) is 39.6 Å². The van der Waals surface area contributed by atoms with Crippen LogP contribution in [0, 0.1) is 0 Å². The lowest BCUT2D eigenvalue weighted by atomic mass is 9.78. The molecule has 6 rings (SSSR count). The Kier molecular flexibility index (Phi) is 12.3. The number of hydrogen-bond acceptors (Lipinski definition) is 7. The monoisotopic (exact) mass is 668 g/mol. The number of benzene rings is 4. The third-order valence-corrected chi connectivity index (χ3v) is 8.87. The Hall–Kier alpha value is -4.04. The summed E-state index contributed by atoms with van der Waals surface area (Å²) in [5.41, 5.74) is 4.33. The van der Waals surface area contributed by atoms with Gasteiger partial charge in [0.2, 0.25) is 0 Å². The largest absolute Gasteiger partial charge is 0.491 e. The smallest absolute Gasteiger partial charge is 0.122 e. The molecule has 2 fully saturated rings. The average Bonchev–Trinajstić information content (AvgIpc) is 4.05. The van der Waals surface area contributed by atoms with Crippen molar-refractivity contribution < 1.29 is 33.5 Å².